The van der Waals surface area contributed by atoms with Gasteiger partial charge in [0.1, 0.15) is 16.9 Å². The zero-order valence-corrected chi connectivity index (χ0v) is 16.3. The molecule has 1 N–H and O–H groups in total. The monoisotopic (exact) mass is 366 g/mol. The summed E-state index contributed by atoms with van der Waals surface area (Å²) in [6.45, 7) is 9.03. The molecule has 0 bridgehead atoms. The highest BCUT2D eigenvalue weighted by Gasteiger charge is 2.31. The topological polar surface area (TPSA) is 71.8 Å². The van der Waals surface area contributed by atoms with Crippen molar-refractivity contribution in [2.24, 2.45) is 11.3 Å². The number of hydrogen-bond donors (Lipinski definition) is 1. The molecule has 1 aliphatic rings. The van der Waals surface area contributed by atoms with Crippen molar-refractivity contribution in [1.82, 2.24) is 29.8 Å². The molecular weight excluding hydrogens is 344 g/mol. The Morgan fingerprint density at radius 3 is 2.88 bits per heavy atom. The molecule has 0 aromatic carbocycles. The molecule has 0 amide bonds. The number of aryl methyl sites for hydroxylation is 2. The van der Waals surface area contributed by atoms with Crippen molar-refractivity contribution >= 4 is 27.2 Å². The van der Waals surface area contributed by atoms with E-state index in [1.165, 1.54) is 22.2 Å². The number of rotatable bonds is 1. The van der Waals surface area contributed by atoms with Crippen LogP contribution in [0.25, 0.3) is 27.4 Å². The van der Waals surface area contributed by atoms with Crippen LogP contribution in [0.2, 0.25) is 0 Å². The Morgan fingerprint density at radius 2 is 2.15 bits per heavy atom. The standard InChI is InChI=1S/C19H22N6S/c1-10-7-13(23-22-10)16-21-17-15-12-6-5-11(19(2,3)4)8-14(12)26-18(15)20-9-25(17)24-16/h7,9,11H,5-6,8H2,1-4H3,(H,22,23). The first-order chi connectivity index (χ1) is 12.4. The van der Waals surface area contributed by atoms with Crippen LogP contribution in [0.4, 0.5) is 0 Å². The van der Waals surface area contributed by atoms with Gasteiger partial charge in [-0.15, -0.1) is 16.4 Å². The highest BCUT2D eigenvalue weighted by atomic mass is 32.1. The molecule has 1 unspecified atom stereocenters. The molecule has 0 spiro atoms. The Labute approximate surface area is 155 Å². The van der Waals surface area contributed by atoms with E-state index in [2.05, 4.69) is 41.1 Å². The minimum absolute atomic E-state index is 0.344. The molecule has 0 radical (unpaired) electrons. The summed E-state index contributed by atoms with van der Waals surface area (Å²) in [7, 11) is 0. The van der Waals surface area contributed by atoms with Gasteiger partial charge in [0.2, 0.25) is 5.82 Å². The van der Waals surface area contributed by atoms with Crippen LogP contribution in [-0.4, -0.2) is 29.8 Å². The number of thiophene rings is 1. The molecule has 0 saturated carbocycles. The van der Waals surface area contributed by atoms with Crippen LogP contribution in [0.15, 0.2) is 12.4 Å². The lowest BCUT2D eigenvalue weighted by Crippen LogP contribution is -2.26. The van der Waals surface area contributed by atoms with E-state index in [4.69, 9.17) is 4.98 Å². The van der Waals surface area contributed by atoms with Gasteiger partial charge in [-0.25, -0.2) is 14.5 Å². The predicted molar refractivity (Wildman–Crippen MR) is 103 cm³/mol. The van der Waals surface area contributed by atoms with Crippen molar-refractivity contribution in [3.05, 3.63) is 28.5 Å². The highest BCUT2D eigenvalue weighted by molar-refractivity contribution is 7.19. The van der Waals surface area contributed by atoms with E-state index in [9.17, 15) is 0 Å². The minimum atomic E-state index is 0.344. The van der Waals surface area contributed by atoms with Gasteiger partial charge in [0.15, 0.2) is 5.65 Å². The number of hydrogen-bond acceptors (Lipinski definition) is 5. The van der Waals surface area contributed by atoms with Gasteiger partial charge in [0, 0.05) is 10.6 Å². The summed E-state index contributed by atoms with van der Waals surface area (Å²) in [6.07, 6.45) is 5.24. The van der Waals surface area contributed by atoms with Gasteiger partial charge in [-0.2, -0.15) is 5.10 Å². The molecule has 4 heterocycles. The molecule has 0 saturated heterocycles. The maximum atomic E-state index is 4.81. The predicted octanol–water partition coefficient (Wildman–Crippen LogP) is 4.19. The summed E-state index contributed by atoms with van der Waals surface area (Å²) >= 11 is 1.83. The fraction of sp³-hybridized carbons (Fsp3) is 0.474. The Balaban J connectivity index is 1.67. The smallest absolute Gasteiger partial charge is 0.202 e. The molecule has 0 aliphatic heterocycles. The van der Waals surface area contributed by atoms with Crippen LogP contribution in [0.5, 0.6) is 0 Å². The summed E-state index contributed by atoms with van der Waals surface area (Å²) in [5.74, 6) is 1.37. The molecule has 6 nitrogen and oxygen atoms in total. The summed E-state index contributed by atoms with van der Waals surface area (Å²) in [5.41, 5.74) is 4.45. The Hall–Kier alpha value is -2.28. The zero-order chi connectivity index (χ0) is 18.1. The van der Waals surface area contributed by atoms with Crippen molar-refractivity contribution in [2.45, 2.75) is 47.0 Å². The maximum Gasteiger partial charge on any atom is 0.202 e. The van der Waals surface area contributed by atoms with E-state index >= 15 is 0 Å². The Morgan fingerprint density at radius 1 is 1.31 bits per heavy atom. The third-order valence-electron chi connectivity index (χ3n) is 5.55. The first-order valence-electron chi connectivity index (χ1n) is 9.08. The number of aromatic amines is 1. The molecule has 134 valence electrons. The third-order valence-corrected chi connectivity index (χ3v) is 6.71. The molecule has 26 heavy (non-hydrogen) atoms. The average Bonchev–Trinajstić information content (AvgIpc) is 3.27. The van der Waals surface area contributed by atoms with Crippen molar-refractivity contribution in [2.75, 3.05) is 0 Å². The van der Waals surface area contributed by atoms with Crippen molar-refractivity contribution < 1.29 is 0 Å². The van der Waals surface area contributed by atoms with E-state index < -0.39 is 0 Å². The van der Waals surface area contributed by atoms with Gasteiger partial charge in [0.05, 0.1) is 5.39 Å². The van der Waals surface area contributed by atoms with Gasteiger partial charge in [0.25, 0.3) is 0 Å². The molecule has 7 heteroatoms. The molecule has 5 rings (SSSR count). The lowest BCUT2D eigenvalue weighted by molar-refractivity contribution is 0.218. The van der Waals surface area contributed by atoms with Crippen molar-refractivity contribution in [3.8, 4) is 11.5 Å². The van der Waals surface area contributed by atoms with Crippen molar-refractivity contribution in [1.29, 1.82) is 0 Å². The molecular formula is C19H22N6S. The van der Waals surface area contributed by atoms with Crippen LogP contribution in [0.3, 0.4) is 0 Å². The maximum absolute atomic E-state index is 4.81. The second kappa shape index (κ2) is 5.36. The van der Waals surface area contributed by atoms with Crippen LogP contribution < -0.4 is 0 Å². The molecule has 1 atom stereocenters. The normalized spacial score (nSPS) is 17.9. The van der Waals surface area contributed by atoms with E-state index in [0.29, 0.717) is 11.2 Å². The van der Waals surface area contributed by atoms with Crippen LogP contribution in [0.1, 0.15) is 43.3 Å². The van der Waals surface area contributed by atoms with E-state index in [0.717, 1.165) is 40.6 Å². The number of fused-ring (bicyclic) bond motifs is 5. The summed E-state index contributed by atoms with van der Waals surface area (Å²) in [4.78, 5) is 12.0. The lowest BCUT2D eigenvalue weighted by atomic mass is 9.72. The first kappa shape index (κ1) is 15.9. The molecule has 4 aromatic rings. The van der Waals surface area contributed by atoms with Gasteiger partial charge in [-0.05, 0) is 49.1 Å². The van der Waals surface area contributed by atoms with Crippen LogP contribution >= 0.6 is 11.3 Å². The molecule has 1 aliphatic carbocycles. The van der Waals surface area contributed by atoms with E-state index in [-0.39, 0.29) is 0 Å². The summed E-state index contributed by atoms with van der Waals surface area (Å²) in [5, 5.41) is 13.0. The largest absolute Gasteiger partial charge is 0.282 e. The van der Waals surface area contributed by atoms with Crippen LogP contribution in [-0.2, 0) is 12.8 Å². The fourth-order valence-corrected chi connectivity index (χ4v) is 5.22. The molecule has 4 aromatic heterocycles. The number of aromatic nitrogens is 6. The Kier molecular flexibility index (Phi) is 3.28. The van der Waals surface area contributed by atoms with Gasteiger partial charge >= 0.3 is 0 Å². The minimum Gasteiger partial charge on any atom is -0.282 e. The Bertz CT molecular complexity index is 1130. The second-order valence-electron chi connectivity index (χ2n) is 8.37. The number of nitrogens with zero attached hydrogens (tertiary/aromatic N) is 5. The van der Waals surface area contributed by atoms with Gasteiger partial charge in [-0.3, -0.25) is 5.10 Å². The average molecular weight is 366 g/mol. The highest BCUT2D eigenvalue weighted by Crippen LogP contribution is 2.43. The third kappa shape index (κ3) is 2.37. The molecule has 0 fully saturated rings. The fourth-order valence-electron chi connectivity index (χ4n) is 3.95. The van der Waals surface area contributed by atoms with E-state index in [1.54, 1.807) is 10.8 Å². The second-order valence-corrected chi connectivity index (χ2v) is 9.46. The lowest BCUT2D eigenvalue weighted by Gasteiger charge is -2.33. The van der Waals surface area contributed by atoms with Gasteiger partial charge < -0.3 is 0 Å². The SMILES string of the molecule is Cc1cc(-c2nc3c4c5c(sc4ncn3n2)CC(C(C)(C)C)CC5)n[nH]1. The van der Waals surface area contributed by atoms with E-state index in [1.807, 2.05) is 24.3 Å². The number of nitrogens with one attached hydrogen (secondary N) is 1. The number of H-pyrrole nitrogens is 1. The van der Waals surface area contributed by atoms with Gasteiger partial charge in [-0.1, -0.05) is 20.8 Å². The summed E-state index contributed by atoms with van der Waals surface area (Å²) < 4.78 is 1.80. The quantitative estimate of drug-likeness (QED) is 0.548. The summed E-state index contributed by atoms with van der Waals surface area (Å²) in [6, 6.07) is 1.97. The first-order valence-corrected chi connectivity index (χ1v) is 9.90. The zero-order valence-electron chi connectivity index (χ0n) is 15.5. The van der Waals surface area contributed by atoms with Crippen molar-refractivity contribution in [3.63, 3.8) is 0 Å². The van der Waals surface area contributed by atoms with Crippen LogP contribution in [0, 0.1) is 18.3 Å².